The zero-order chi connectivity index (χ0) is 15.2. The Kier molecular flexibility index (Phi) is 5.82. The minimum absolute atomic E-state index is 0.259. The van der Waals surface area contributed by atoms with Crippen molar-refractivity contribution in [3.05, 3.63) is 24.3 Å². The van der Waals surface area contributed by atoms with E-state index >= 15 is 0 Å². The first-order chi connectivity index (χ1) is 9.42. The fourth-order valence-electron chi connectivity index (χ4n) is 1.95. The molecule has 20 heavy (non-hydrogen) atoms. The minimum Gasteiger partial charge on any atom is -0.490 e. The van der Waals surface area contributed by atoms with E-state index in [1.165, 1.54) is 0 Å². The molecule has 0 saturated carbocycles. The van der Waals surface area contributed by atoms with E-state index in [4.69, 9.17) is 9.47 Å². The van der Waals surface area contributed by atoms with Gasteiger partial charge in [0.1, 0.15) is 5.54 Å². The number of hydrogen-bond acceptors (Lipinski definition) is 4. The Morgan fingerprint density at radius 2 is 2.00 bits per heavy atom. The van der Waals surface area contributed by atoms with Crippen LogP contribution in [0.25, 0.3) is 0 Å². The van der Waals surface area contributed by atoms with E-state index in [1.807, 2.05) is 38.1 Å². The Morgan fingerprint density at radius 3 is 2.50 bits per heavy atom. The molecule has 112 valence electrons. The molecule has 2 unspecified atom stereocenters. The maximum atomic E-state index is 11.3. The van der Waals surface area contributed by atoms with Gasteiger partial charge in [-0.25, -0.2) is 0 Å². The molecule has 1 rings (SSSR count). The molecule has 0 saturated heterocycles. The zero-order valence-electron chi connectivity index (χ0n) is 12.5. The van der Waals surface area contributed by atoms with E-state index < -0.39 is 11.5 Å². The van der Waals surface area contributed by atoms with E-state index in [9.17, 15) is 9.90 Å². The van der Waals surface area contributed by atoms with Gasteiger partial charge < -0.3 is 19.9 Å². The lowest BCUT2D eigenvalue weighted by molar-refractivity contribution is -0.145. The van der Waals surface area contributed by atoms with Crippen LogP contribution in [0.5, 0.6) is 11.5 Å². The second-order valence-corrected chi connectivity index (χ2v) is 4.90. The van der Waals surface area contributed by atoms with Gasteiger partial charge in [0, 0.05) is 6.42 Å². The summed E-state index contributed by atoms with van der Waals surface area (Å²) in [4.78, 5) is 11.3. The molecule has 0 aliphatic heterocycles. The molecule has 0 aromatic heterocycles. The largest absolute Gasteiger partial charge is 0.490 e. The van der Waals surface area contributed by atoms with Crippen LogP contribution in [0, 0.1) is 0 Å². The van der Waals surface area contributed by atoms with E-state index in [1.54, 1.807) is 14.0 Å². The lowest BCUT2D eigenvalue weighted by Gasteiger charge is -2.28. The van der Waals surface area contributed by atoms with Crippen LogP contribution in [-0.2, 0) is 4.79 Å². The molecular formula is C15H23NO4. The van der Waals surface area contributed by atoms with Gasteiger partial charge in [0.05, 0.1) is 12.7 Å². The number of hydrogen-bond donors (Lipinski definition) is 2. The van der Waals surface area contributed by atoms with Gasteiger partial charge in [-0.2, -0.15) is 0 Å². The Morgan fingerprint density at radius 1 is 1.40 bits per heavy atom. The quantitative estimate of drug-likeness (QED) is 0.765. The lowest BCUT2D eigenvalue weighted by atomic mass is 9.95. The monoisotopic (exact) mass is 281 g/mol. The standard InChI is InChI=1S/C15H23NO4/c1-5-19-12-8-6-7-9-13(12)20-11(2)10-15(3,16-4)14(17)18/h6-9,11,16H,5,10H2,1-4H3,(H,17,18). The van der Waals surface area contributed by atoms with Crippen molar-refractivity contribution in [2.45, 2.75) is 38.8 Å². The van der Waals surface area contributed by atoms with Crippen LogP contribution < -0.4 is 14.8 Å². The molecule has 0 aliphatic carbocycles. The summed E-state index contributed by atoms with van der Waals surface area (Å²) >= 11 is 0. The van der Waals surface area contributed by atoms with Crippen LogP contribution in [0.15, 0.2) is 24.3 Å². The zero-order valence-corrected chi connectivity index (χ0v) is 12.5. The highest BCUT2D eigenvalue weighted by atomic mass is 16.5. The molecule has 1 aromatic rings. The fraction of sp³-hybridized carbons (Fsp3) is 0.533. The number of nitrogens with one attached hydrogen (secondary N) is 1. The molecule has 0 amide bonds. The van der Waals surface area contributed by atoms with Gasteiger partial charge >= 0.3 is 5.97 Å². The minimum atomic E-state index is -1.01. The van der Waals surface area contributed by atoms with Crippen molar-refractivity contribution in [1.29, 1.82) is 0 Å². The predicted octanol–water partition coefficient (Wildman–Crippen LogP) is 2.31. The smallest absolute Gasteiger partial charge is 0.323 e. The molecule has 1 aromatic carbocycles. The lowest BCUT2D eigenvalue weighted by Crippen LogP contribution is -2.50. The van der Waals surface area contributed by atoms with Gasteiger partial charge in [-0.05, 0) is 40.0 Å². The highest BCUT2D eigenvalue weighted by Gasteiger charge is 2.33. The third kappa shape index (κ3) is 4.13. The number of likely N-dealkylation sites (N-methyl/N-ethyl adjacent to an activating group) is 1. The predicted molar refractivity (Wildman–Crippen MR) is 77.4 cm³/mol. The third-order valence-corrected chi connectivity index (χ3v) is 3.20. The molecule has 5 nitrogen and oxygen atoms in total. The number of carboxylic acid groups (broad SMARTS) is 1. The van der Waals surface area contributed by atoms with Crippen LogP contribution in [0.1, 0.15) is 27.2 Å². The summed E-state index contributed by atoms with van der Waals surface area (Å²) in [6.45, 7) is 5.95. The van der Waals surface area contributed by atoms with E-state index in [0.717, 1.165) is 0 Å². The van der Waals surface area contributed by atoms with Gasteiger partial charge in [-0.3, -0.25) is 4.79 Å². The average molecular weight is 281 g/mol. The first-order valence-corrected chi connectivity index (χ1v) is 6.73. The number of aliphatic carboxylic acids is 1. The van der Waals surface area contributed by atoms with Gasteiger partial charge in [-0.15, -0.1) is 0 Å². The van der Waals surface area contributed by atoms with Crippen molar-refractivity contribution in [3.8, 4) is 11.5 Å². The molecular weight excluding hydrogens is 258 g/mol. The summed E-state index contributed by atoms with van der Waals surface area (Å²) in [5, 5.41) is 12.1. The van der Waals surface area contributed by atoms with Crippen molar-refractivity contribution in [1.82, 2.24) is 5.32 Å². The van der Waals surface area contributed by atoms with Crippen LogP contribution in [0.3, 0.4) is 0 Å². The van der Waals surface area contributed by atoms with Gasteiger partial charge in [0.15, 0.2) is 11.5 Å². The van der Waals surface area contributed by atoms with Crippen molar-refractivity contribution >= 4 is 5.97 Å². The highest BCUT2D eigenvalue weighted by molar-refractivity contribution is 5.78. The number of benzene rings is 1. The van der Waals surface area contributed by atoms with Crippen LogP contribution in [-0.4, -0.2) is 36.4 Å². The summed E-state index contributed by atoms with van der Waals surface area (Å²) in [7, 11) is 1.63. The van der Waals surface area contributed by atoms with Crippen molar-refractivity contribution in [2.75, 3.05) is 13.7 Å². The number of carboxylic acids is 1. The number of carbonyl (C=O) groups is 1. The number of rotatable bonds is 8. The Labute approximate surface area is 119 Å². The first-order valence-electron chi connectivity index (χ1n) is 6.73. The third-order valence-electron chi connectivity index (χ3n) is 3.20. The Hall–Kier alpha value is -1.75. The first kappa shape index (κ1) is 16.3. The number of para-hydroxylation sites is 2. The SMILES string of the molecule is CCOc1ccccc1OC(C)CC(C)(NC)C(=O)O. The molecule has 0 fully saturated rings. The summed E-state index contributed by atoms with van der Waals surface area (Å²) in [5.74, 6) is 0.405. The number of ether oxygens (including phenoxy) is 2. The highest BCUT2D eigenvalue weighted by Crippen LogP contribution is 2.28. The fourth-order valence-corrected chi connectivity index (χ4v) is 1.95. The van der Waals surface area contributed by atoms with Crippen LogP contribution in [0.4, 0.5) is 0 Å². The molecule has 0 radical (unpaired) electrons. The maximum absolute atomic E-state index is 11.3. The molecule has 0 aliphatic rings. The van der Waals surface area contributed by atoms with Crippen molar-refractivity contribution in [2.24, 2.45) is 0 Å². The van der Waals surface area contributed by atoms with E-state index in [2.05, 4.69) is 5.32 Å². The molecule has 0 bridgehead atoms. The second kappa shape index (κ2) is 7.14. The average Bonchev–Trinajstić information content (AvgIpc) is 2.40. The maximum Gasteiger partial charge on any atom is 0.323 e. The van der Waals surface area contributed by atoms with E-state index in [0.29, 0.717) is 24.5 Å². The Balaban J connectivity index is 2.76. The van der Waals surface area contributed by atoms with Gasteiger partial charge in [0.2, 0.25) is 0 Å². The molecule has 0 heterocycles. The topological polar surface area (TPSA) is 67.8 Å². The summed E-state index contributed by atoms with van der Waals surface area (Å²) in [6, 6.07) is 7.38. The van der Waals surface area contributed by atoms with Crippen LogP contribution in [0.2, 0.25) is 0 Å². The second-order valence-electron chi connectivity index (χ2n) is 4.90. The Bertz CT molecular complexity index is 449. The molecule has 2 N–H and O–H groups in total. The normalized spacial score (nSPS) is 15.2. The van der Waals surface area contributed by atoms with Gasteiger partial charge in [-0.1, -0.05) is 12.1 Å². The van der Waals surface area contributed by atoms with Crippen molar-refractivity contribution in [3.63, 3.8) is 0 Å². The summed E-state index contributed by atoms with van der Waals surface area (Å²) in [5.41, 5.74) is -1.01. The summed E-state index contributed by atoms with van der Waals surface area (Å²) in [6.07, 6.45) is 0.0874. The van der Waals surface area contributed by atoms with Crippen LogP contribution >= 0.6 is 0 Å². The molecule has 5 heteroatoms. The van der Waals surface area contributed by atoms with Crippen molar-refractivity contribution < 1.29 is 19.4 Å². The van der Waals surface area contributed by atoms with Gasteiger partial charge in [0.25, 0.3) is 0 Å². The molecule has 0 spiro atoms. The summed E-state index contributed by atoms with van der Waals surface area (Å²) < 4.78 is 11.3. The molecule has 2 atom stereocenters. The van der Waals surface area contributed by atoms with E-state index in [-0.39, 0.29) is 6.10 Å².